The first kappa shape index (κ1) is 12.5. The maximum Gasteiger partial charge on any atom is 0.213 e. The summed E-state index contributed by atoms with van der Waals surface area (Å²) in [5, 5.41) is 0. The van der Waals surface area contributed by atoms with Crippen molar-refractivity contribution in [2.24, 2.45) is 5.92 Å². The van der Waals surface area contributed by atoms with Crippen LogP contribution in [0.5, 0.6) is 0 Å². The van der Waals surface area contributed by atoms with Gasteiger partial charge in [-0.15, -0.1) is 0 Å². The molecule has 2 nitrogen and oxygen atoms in total. The number of halogens is 1. The standard InChI is InChI=1S/C14H21FN2/c1-3-7-17-9-11(4-2)13(10-17)12-5-6-16-14(15)8-12/h5-6,8,11,13H,3-4,7,9-10H2,1-2H3/t11?,13-/m1/s1. The zero-order valence-corrected chi connectivity index (χ0v) is 10.7. The second kappa shape index (κ2) is 5.58. The van der Waals surface area contributed by atoms with Crippen molar-refractivity contribution >= 4 is 0 Å². The highest BCUT2D eigenvalue weighted by Gasteiger charge is 2.32. The molecule has 0 aromatic carbocycles. The van der Waals surface area contributed by atoms with Gasteiger partial charge in [-0.3, -0.25) is 0 Å². The minimum absolute atomic E-state index is 0.355. The van der Waals surface area contributed by atoms with E-state index in [4.69, 9.17) is 0 Å². The van der Waals surface area contributed by atoms with Gasteiger partial charge in [0.25, 0.3) is 0 Å². The van der Waals surface area contributed by atoms with Gasteiger partial charge in [0, 0.05) is 25.2 Å². The minimum atomic E-state index is -0.355. The SMILES string of the molecule is CCCN1CC(CC)[C@H](c2ccnc(F)c2)C1. The molecule has 0 bridgehead atoms. The highest BCUT2D eigenvalue weighted by Crippen LogP contribution is 2.34. The molecule has 3 heteroatoms. The first-order valence-electron chi connectivity index (χ1n) is 6.58. The number of rotatable bonds is 4. The molecule has 1 aromatic heterocycles. The van der Waals surface area contributed by atoms with E-state index in [1.54, 1.807) is 12.3 Å². The molecule has 0 spiro atoms. The lowest BCUT2D eigenvalue weighted by Crippen LogP contribution is -2.21. The molecule has 2 heterocycles. The van der Waals surface area contributed by atoms with Gasteiger partial charge in [0.1, 0.15) is 0 Å². The maximum atomic E-state index is 13.2. The van der Waals surface area contributed by atoms with E-state index in [2.05, 4.69) is 23.7 Å². The van der Waals surface area contributed by atoms with Crippen LogP contribution in [0, 0.1) is 11.9 Å². The van der Waals surface area contributed by atoms with E-state index in [1.165, 1.54) is 6.42 Å². The lowest BCUT2D eigenvalue weighted by molar-refractivity contribution is 0.323. The summed E-state index contributed by atoms with van der Waals surface area (Å²) < 4.78 is 13.2. The summed E-state index contributed by atoms with van der Waals surface area (Å²) in [6, 6.07) is 3.56. The summed E-state index contributed by atoms with van der Waals surface area (Å²) in [6.45, 7) is 7.81. The second-order valence-electron chi connectivity index (χ2n) is 4.95. The summed E-state index contributed by atoms with van der Waals surface area (Å²) in [4.78, 5) is 6.13. The Morgan fingerprint density at radius 1 is 1.41 bits per heavy atom. The summed E-state index contributed by atoms with van der Waals surface area (Å²) in [6.07, 6.45) is 3.93. The quantitative estimate of drug-likeness (QED) is 0.747. The molecule has 1 saturated heterocycles. The average Bonchev–Trinajstić information content (AvgIpc) is 2.73. The Kier molecular flexibility index (Phi) is 4.11. The third kappa shape index (κ3) is 2.83. The molecular weight excluding hydrogens is 215 g/mol. The largest absolute Gasteiger partial charge is 0.302 e. The predicted octanol–water partition coefficient (Wildman–Crippen LogP) is 3.06. The normalized spacial score (nSPS) is 25.4. The fourth-order valence-electron chi connectivity index (χ4n) is 2.90. The highest BCUT2D eigenvalue weighted by atomic mass is 19.1. The number of likely N-dealkylation sites (tertiary alicyclic amines) is 1. The van der Waals surface area contributed by atoms with Crippen LogP contribution in [0.1, 0.15) is 38.2 Å². The molecule has 0 saturated carbocycles. The Morgan fingerprint density at radius 3 is 2.88 bits per heavy atom. The molecule has 0 amide bonds. The van der Waals surface area contributed by atoms with Crippen molar-refractivity contribution in [3.63, 3.8) is 0 Å². The highest BCUT2D eigenvalue weighted by molar-refractivity contribution is 5.20. The first-order valence-corrected chi connectivity index (χ1v) is 6.58. The molecule has 94 valence electrons. The van der Waals surface area contributed by atoms with Crippen molar-refractivity contribution in [3.05, 3.63) is 29.8 Å². The summed E-state index contributed by atoms with van der Waals surface area (Å²) >= 11 is 0. The fraction of sp³-hybridized carbons (Fsp3) is 0.643. The molecule has 1 aromatic rings. The van der Waals surface area contributed by atoms with Crippen LogP contribution < -0.4 is 0 Å². The van der Waals surface area contributed by atoms with E-state index >= 15 is 0 Å². The molecule has 1 aliphatic heterocycles. The van der Waals surface area contributed by atoms with Gasteiger partial charge in [-0.25, -0.2) is 4.98 Å². The predicted molar refractivity (Wildman–Crippen MR) is 67.4 cm³/mol. The minimum Gasteiger partial charge on any atom is -0.302 e. The van der Waals surface area contributed by atoms with Crippen LogP contribution in [0.25, 0.3) is 0 Å². The molecule has 2 rings (SSSR count). The van der Waals surface area contributed by atoms with Gasteiger partial charge in [-0.1, -0.05) is 20.3 Å². The van der Waals surface area contributed by atoms with Gasteiger partial charge in [0.2, 0.25) is 5.95 Å². The van der Waals surface area contributed by atoms with Crippen LogP contribution in [0.3, 0.4) is 0 Å². The van der Waals surface area contributed by atoms with Crippen molar-refractivity contribution in [1.29, 1.82) is 0 Å². The Labute approximate surface area is 103 Å². The number of pyridine rings is 1. The van der Waals surface area contributed by atoms with E-state index in [9.17, 15) is 4.39 Å². The monoisotopic (exact) mass is 236 g/mol. The average molecular weight is 236 g/mol. The van der Waals surface area contributed by atoms with Gasteiger partial charge >= 0.3 is 0 Å². The lowest BCUT2D eigenvalue weighted by Gasteiger charge is -2.16. The van der Waals surface area contributed by atoms with Crippen LogP contribution in [0.4, 0.5) is 4.39 Å². The first-order chi connectivity index (χ1) is 8.24. The van der Waals surface area contributed by atoms with Crippen molar-refractivity contribution in [3.8, 4) is 0 Å². The molecule has 1 fully saturated rings. The number of hydrogen-bond acceptors (Lipinski definition) is 2. The second-order valence-corrected chi connectivity index (χ2v) is 4.95. The third-order valence-corrected chi connectivity index (χ3v) is 3.76. The molecular formula is C14H21FN2. The van der Waals surface area contributed by atoms with E-state index in [-0.39, 0.29) is 5.95 Å². The summed E-state index contributed by atoms with van der Waals surface area (Å²) in [5.41, 5.74) is 1.11. The van der Waals surface area contributed by atoms with Crippen molar-refractivity contribution < 1.29 is 4.39 Å². The Hall–Kier alpha value is -0.960. The Balaban J connectivity index is 2.14. The smallest absolute Gasteiger partial charge is 0.213 e. The van der Waals surface area contributed by atoms with Gasteiger partial charge in [0.15, 0.2) is 0 Å². The Bertz CT molecular complexity index is 367. The van der Waals surface area contributed by atoms with Crippen molar-refractivity contribution in [1.82, 2.24) is 9.88 Å². The zero-order valence-electron chi connectivity index (χ0n) is 10.7. The number of nitrogens with zero attached hydrogens (tertiary/aromatic N) is 2. The van der Waals surface area contributed by atoms with Crippen LogP contribution in [0.15, 0.2) is 18.3 Å². The molecule has 1 unspecified atom stereocenters. The van der Waals surface area contributed by atoms with Crippen molar-refractivity contribution in [2.75, 3.05) is 19.6 Å². The van der Waals surface area contributed by atoms with Gasteiger partial charge in [-0.2, -0.15) is 4.39 Å². The summed E-state index contributed by atoms with van der Waals surface area (Å²) in [7, 11) is 0. The van der Waals surface area contributed by atoms with E-state index in [0.717, 1.165) is 31.6 Å². The fourth-order valence-corrected chi connectivity index (χ4v) is 2.90. The van der Waals surface area contributed by atoms with E-state index in [0.29, 0.717) is 11.8 Å². The molecule has 17 heavy (non-hydrogen) atoms. The number of aromatic nitrogens is 1. The molecule has 0 aliphatic carbocycles. The van der Waals surface area contributed by atoms with Gasteiger partial charge < -0.3 is 4.90 Å². The van der Waals surface area contributed by atoms with Crippen LogP contribution in [0.2, 0.25) is 0 Å². The molecule has 0 radical (unpaired) electrons. The third-order valence-electron chi connectivity index (χ3n) is 3.76. The van der Waals surface area contributed by atoms with E-state index < -0.39 is 0 Å². The summed E-state index contributed by atoms with van der Waals surface area (Å²) in [5.74, 6) is 0.777. The van der Waals surface area contributed by atoms with Crippen LogP contribution in [-0.2, 0) is 0 Å². The molecule has 1 aliphatic rings. The lowest BCUT2D eigenvalue weighted by atomic mass is 9.88. The van der Waals surface area contributed by atoms with Crippen LogP contribution in [-0.4, -0.2) is 29.5 Å². The van der Waals surface area contributed by atoms with Gasteiger partial charge in [-0.05, 0) is 36.6 Å². The zero-order chi connectivity index (χ0) is 12.3. The number of hydrogen-bond donors (Lipinski definition) is 0. The molecule has 2 atom stereocenters. The topological polar surface area (TPSA) is 16.1 Å². The van der Waals surface area contributed by atoms with Crippen LogP contribution >= 0.6 is 0 Å². The van der Waals surface area contributed by atoms with E-state index in [1.807, 2.05) is 6.07 Å². The van der Waals surface area contributed by atoms with Crippen molar-refractivity contribution in [2.45, 2.75) is 32.6 Å². The molecule has 0 N–H and O–H groups in total. The maximum absolute atomic E-state index is 13.2. The van der Waals surface area contributed by atoms with Gasteiger partial charge in [0.05, 0.1) is 0 Å². The Morgan fingerprint density at radius 2 is 2.24 bits per heavy atom.